The Morgan fingerprint density at radius 2 is 2.14 bits per heavy atom. The largest absolute Gasteiger partial charge is 0.305 e. The molecule has 0 aliphatic heterocycles. The van der Waals surface area contributed by atoms with E-state index < -0.39 is 0 Å². The molecule has 0 radical (unpaired) electrons. The molecule has 1 aromatic carbocycles. The monoisotopic (exact) mass is 363 g/mol. The van der Waals surface area contributed by atoms with Gasteiger partial charge in [0.1, 0.15) is 5.65 Å². The van der Waals surface area contributed by atoms with Crippen molar-refractivity contribution in [3.05, 3.63) is 69.5 Å². The average molecular weight is 365 g/mol. The number of pyridine rings is 1. The van der Waals surface area contributed by atoms with E-state index in [2.05, 4.69) is 45.3 Å². The van der Waals surface area contributed by atoms with E-state index in [1.165, 1.54) is 5.56 Å². The first-order valence-electron chi connectivity index (χ1n) is 6.74. The summed E-state index contributed by atoms with van der Waals surface area (Å²) in [5, 5.41) is 4.20. The number of benzene rings is 1. The first-order chi connectivity index (χ1) is 10.1. The second-order valence-corrected chi connectivity index (χ2v) is 6.35. The van der Waals surface area contributed by atoms with E-state index in [1.54, 1.807) is 0 Å². The number of imidazole rings is 1. The zero-order valence-corrected chi connectivity index (χ0v) is 13.9. The molecule has 0 saturated heterocycles. The Bertz CT molecular complexity index is 769. The summed E-state index contributed by atoms with van der Waals surface area (Å²) in [7, 11) is 0. The lowest BCUT2D eigenvalue weighted by atomic mass is 10.1. The van der Waals surface area contributed by atoms with Gasteiger partial charge >= 0.3 is 0 Å². The summed E-state index contributed by atoms with van der Waals surface area (Å²) in [5.41, 5.74) is 3.15. The Kier molecular flexibility index (Phi) is 4.29. The molecule has 2 heterocycles. The number of halogens is 2. The highest BCUT2D eigenvalue weighted by Gasteiger charge is 2.07. The summed E-state index contributed by atoms with van der Waals surface area (Å²) in [6.07, 6.45) is 3.87. The summed E-state index contributed by atoms with van der Waals surface area (Å²) in [5.74, 6) is 0. The highest BCUT2D eigenvalue weighted by atomic mass is 79.9. The molecule has 0 aliphatic carbocycles. The summed E-state index contributed by atoms with van der Waals surface area (Å²) in [4.78, 5) is 4.57. The number of rotatable bonds is 4. The van der Waals surface area contributed by atoms with Crippen LogP contribution in [0, 0.1) is 0 Å². The summed E-state index contributed by atoms with van der Waals surface area (Å²) < 4.78 is 3.04. The zero-order chi connectivity index (χ0) is 14.8. The van der Waals surface area contributed by atoms with Crippen molar-refractivity contribution in [1.82, 2.24) is 14.7 Å². The summed E-state index contributed by atoms with van der Waals surface area (Å²) >= 11 is 9.48. The quantitative estimate of drug-likeness (QED) is 0.733. The van der Waals surface area contributed by atoms with Crippen molar-refractivity contribution in [3.63, 3.8) is 0 Å². The molecule has 3 rings (SSSR count). The van der Waals surface area contributed by atoms with E-state index in [4.69, 9.17) is 11.6 Å². The molecule has 3 nitrogen and oxygen atoms in total. The molecule has 0 spiro atoms. The maximum atomic E-state index is 5.98. The van der Waals surface area contributed by atoms with Crippen molar-refractivity contribution in [2.75, 3.05) is 0 Å². The number of nitrogens with one attached hydrogen (secondary N) is 1. The third kappa shape index (κ3) is 3.46. The Balaban J connectivity index is 1.71. The molecule has 3 aromatic rings. The Morgan fingerprint density at radius 3 is 2.95 bits per heavy atom. The lowest BCUT2D eigenvalue weighted by Gasteiger charge is -2.13. The van der Waals surface area contributed by atoms with E-state index in [0.29, 0.717) is 11.6 Å². The molecule has 1 N–H and O–H groups in total. The van der Waals surface area contributed by atoms with Crippen LogP contribution in [0.2, 0.25) is 5.02 Å². The van der Waals surface area contributed by atoms with Crippen LogP contribution in [0.25, 0.3) is 5.65 Å². The van der Waals surface area contributed by atoms with Gasteiger partial charge in [0.2, 0.25) is 0 Å². The van der Waals surface area contributed by atoms with E-state index in [1.807, 2.05) is 41.1 Å². The Hall–Kier alpha value is -1.36. The summed E-state index contributed by atoms with van der Waals surface area (Å²) in [6.45, 7) is 2.86. The fourth-order valence-corrected chi connectivity index (χ4v) is 2.84. The molecule has 5 heteroatoms. The van der Waals surface area contributed by atoms with Crippen LogP contribution in [0.5, 0.6) is 0 Å². The Labute approximate surface area is 137 Å². The third-order valence-electron chi connectivity index (χ3n) is 3.40. The van der Waals surface area contributed by atoms with Crippen LogP contribution in [-0.4, -0.2) is 9.38 Å². The van der Waals surface area contributed by atoms with Gasteiger partial charge in [-0.15, -0.1) is 0 Å². The van der Waals surface area contributed by atoms with Gasteiger partial charge in [-0.25, -0.2) is 4.98 Å². The highest BCUT2D eigenvalue weighted by molar-refractivity contribution is 9.10. The number of hydrogen-bond acceptors (Lipinski definition) is 2. The number of aromatic nitrogens is 2. The fraction of sp³-hybridized carbons (Fsp3) is 0.188. The second kappa shape index (κ2) is 6.18. The van der Waals surface area contributed by atoms with Gasteiger partial charge in [0.05, 0.1) is 10.7 Å². The molecule has 0 amide bonds. The molecule has 0 aliphatic rings. The molecule has 1 atom stereocenters. The predicted octanol–water partition coefficient (Wildman–Crippen LogP) is 4.60. The van der Waals surface area contributed by atoms with Gasteiger partial charge in [-0.2, -0.15) is 0 Å². The van der Waals surface area contributed by atoms with Crippen LogP contribution in [0.15, 0.2) is 53.3 Å². The topological polar surface area (TPSA) is 29.3 Å². The van der Waals surface area contributed by atoms with Crippen molar-refractivity contribution in [2.24, 2.45) is 0 Å². The van der Waals surface area contributed by atoms with E-state index in [0.717, 1.165) is 15.8 Å². The molecule has 2 aromatic heterocycles. The van der Waals surface area contributed by atoms with Crippen molar-refractivity contribution in [1.29, 1.82) is 0 Å². The SMILES string of the molecule is CC(NCc1cn2cc(Cl)ccc2n1)c1cccc(Br)c1. The van der Waals surface area contributed by atoms with Crippen molar-refractivity contribution < 1.29 is 0 Å². The minimum atomic E-state index is 0.260. The first-order valence-corrected chi connectivity index (χ1v) is 7.91. The highest BCUT2D eigenvalue weighted by Crippen LogP contribution is 2.18. The van der Waals surface area contributed by atoms with Gasteiger partial charge in [-0.3, -0.25) is 0 Å². The van der Waals surface area contributed by atoms with Crippen molar-refractivity contribution in [2.45, 2.75) is 19.5 Å². The van der Waals surface area contributed by atoms with Gasteiger partial charge in [0, 0.05) is 29.5 Å². The Morgan fingerprint density at radius 1 is 1.29 bits per heavy atom. The minimum Gasteiger partial charge on any atom is -0.305 e. The van der Waals surface area contributed by atoms with Crippen molar-refractivity contribution in [3.8, 4) is 0 Å². The van der Waals surface area contributed by atoms with Crippen LogP contribution in [0.3, 0.4) is 0 Å². The normalized spacial score (nSPS) is 12.7. The summed E-state index contributed by atoms with van der Waals surface area (Å²) in [6, 6.07) is 12.4. The van der Waals surface area contributed by atoms with Crippen LogP contribution >= 0.6 is 27.5 Å². The van der Waals surface area contributed by atoms with E-state index in [-0.39, 0.29) is 6.04 Å². The van der Waals surface area contributed by atoms with E-state index >= 15 is 0 Å². The maximum absolute atomic E-state index is 5.98. The van der Waals surface area contributed by atoms with Crippen LogP contribution in [0.1, 0.15) is 24.2 Å². The molecule has 0 bridgehead atoms. The molecule has 108 valence electrons. The second-order valence-electron chi connectivity index (χ2n) is 5.00. The van der Waals surface area contributed by atoms with E-state index in [9.17, 15) is 0 Å². The van der Waals surface area contributed by atoms with Crippen molar-refractivity contribution >= 4 is 33.2 Å². The van der Waals surface area contributed by atoms with Gasteiger partial charge in [-0.1, -0.05) is 39.7 Å². The lowest BCUT2D eigenvalue weighted by molar-refractivity contribution is 0.569. The molecule has 21 heavy (non-hydrogen) atoms. The standard InChI is InChI=1S/C16H15BrClN3/c1-11(12-3-2-4-13(17)7-12)19-8-15-10-21-9-14(18)5-6-16(21)20-15/h2-7,9-11,19H,8H2,1H3. The van der Waals surface area contributed by atoms with Crippen LogP contribution < -0.4 is 5.32 Å². The van der Waals surface area contributed by atoms with Crippen LogP contribution in [-0.2, 0) is 6.54 Å². The lowest BCUT2D eigenvalue weighted by Crippen LogP contribution is -2.18. The third-order valence-corrected chi connectivity index (χ3v) is 4.12. The fourth-order valence-electron chi connectivity index (χ4n) is 2.25. The van der Waals surface area contributed by atoms with Gasteiger partial charge in [0.15, 0.2) is 0 Å². The molecule has 1 unspecified atom stereocenters. The number of hydrogen-bond donors (Lipinski definition) is 1. The average Bonchev–Trinajstić information content (AvgIpc) is 2.86. The molecular weight excluding hydrogens is 350 g/mol. The maximum Gasteiger partial charge on any atom is 0.137 e. The molecular formula is C16H15BrClN3. The number of nitrogens with zero attached hydrogens (tertiary/aromatic N) is 2. The van der Waals surface area contributed by atoms with Gasteiger partial charge in [0.25, 0.3) is 0 Å². The zero-order valence-electron chi connectivity index (χ0n) is 11.6. The van der Waals surface area contributed by atoms with Gasteiger partial charge in [-0.05, 0) is 36.8 Å². The smallest absolute Gasteiger partial charge is 0.137 e. The van der Waals surface area contributed by atoms with Gasteiger partial charge < -0.3 is 9.72 Å². The molecule has 0 saturated carbocycles. The predicted molar refractivity (Wildman–Crippen MR) is 89.6 cm³/mol. The first kappa shape index (κ1) is 14.6. The number of fused-ring (bicyclic) bond motifs is 1. The molecule has 0 fully saturated rings. The minimum absolute atomic E-state index is 0.260. The van der Waals surface area contributed by atoms with Crippen LogP contribution in [0.4, 0.5) is 0 Å².